The highest BCUT2D eigenvalue weighted by molar-refractivity contribution is 7.99. The summed E-state index contributed by atoms with van der Waals surface area (Å²) in [6.07, 6.45) is 0.961. The van der Waals surface area contributed by atoms with Gasteiger partial charge in [0.2, 0.25) is 0 Å². The summed E-state index contributed by atoms with van der Waals surface area (Å²) in [5.41, 5.74) is 7.52. The first-order valence-electron chi connectivity index (χ1n) is 10.7. The highest BCUT2D eigenvalue weighted by Gasteiger charge is 2.21. The number of hydrogen-bond donors (Lipinski definition) is 2. The summed E-state index contributed by atoms with van der Waals surface area (Å²) in [6, 6.07) is 25.1. The summed E-state index contributed by atoms with van der Waals surface area (Å²) >= 11 is 1.82. The van der Waals surface area contributed by atoms with E-state index in [1.54, 1.807) is 0 Å². The zero-order chi connectivity index (χ0) is 21.5. The van der Waals surface area contributed by atoms with Crippen molar-refractivity contribution in [2.45, 2.75) is 18.2 Å². The number of aryl methyl sites for hydroxylation is 2. The fraction of sp³-hybridized carbons (Fsp3) is 0.115. The maximum absolute atomic E-state index is 4.97. The van der Waals surface area contributed by atoms with E-state index in [1.165, 1.54) is 5.56 Å². The topological polar surface area (TPSA) is 66.5 Å². The van der Waals surface area contributed by atoms with Crippen molar-refractivity contribution in [3.05, 3.63) is 84.2 Å². The maximum Gasteiger partial charge on any atom is 0.161 e. The molecule has 0 saturated heterocycles. The third-order valence-corrected chi connectivity index (χ3v) is 6.88. The Labute approximate surface area is 190 Å². The van der Waals surface area contributed by atoms with Gasteiger partial charge in [0.25, 0.3) is 0 Å². The summed E-state index contributed by atoms with van der Waals surface area (Å²) in [7, 11) is 0. The van der Waals surface area contributed by atoms with Crippen LogP contribution in [-0.4, -0.2) is 25.9 Å². The molecule has 0 spiro atoms. The molecule has 156 valence electrons. The Bertz CT molecular complexity index is 1440. The minimum atomic E-state index is 0.757. The summed E-state index contributed by atoms with van der Waals surface area (Å²) in [6.45, 7) is 2.04. The fourth-order valence-corrected chi connectivity index (χ4v) is 5.15. The summed E-state index contributed by atoms with van der Waals surface area (Å²) in [5, 5.41) is 12.1. The van der Waals surface area contributed by atoms with Gasteiger partial charge in [-0.1, -0.05) is 48.5 Å². The predicted octanol–water partition coefficient (Wildman–Crippen LogP) is 6.39. The van der Waals surface area contributed by atoms with Crippen molar-refractivity contribution < 1.29 is 0 Å². The number of hydrogen-bond acceptors (Lipinski definition) is 5. The van der Waals surface area contributed by atoms with Gasteiger partial charge in [-0.05, 0) is 42.3 Å². The SMILES string of the molecule is Cc1[nH]nc2ccc(Nc3nc(-c4cccc(-c5ccccc5)c4)nc4c3SCC4)cc12. The van der Waals surface area contributed by atoms with Gasteiger partial charge in [-0.15, -0.1) is 11.8 Å². The van der Waals surface area contributed by atoms with E-state index < -0.39 is 0 Å². The quantitative estimate of drug-likeness (QED) is 0.342. The average Bonchev–Trinajstić information content (AvgIpc) is 3.47. The second-order valence-electron chi connectivity index (χ2n) is 7.92. The van der Waals surface area contributed by atoms with Gasteiger partial charge in [-0.2, -0.15) is 5.10 Å². The van der Waals surface area contributed by atoms with Crippen molar-refractivity contribution in [1.29, 1.82) is 0 Å². The van der Waals surface area contributed by atoms with Crippen LogP contribution >= 0.6 is 11.8 Å². The molecule has 0 atom stereocenters. The van der Waals surface area contributed by atoms with Gasteiger partial charge in [0.15, 0.2) is 5.82 Å². The zero-order valence-corrected chi connectivity index (χ0v) is 18.4. The van der Waals surface area contributed by atoms with Crippen molar-refractivity contribution in [1.82, 2.24) is 20.2 Å². The lowest BCUT2D eigenvalue weighted by Gasteiger charge is -2.13. The lowest BCUT2D eigenvalue weighted by molar-refractivity contribution is 0.987. The third kappa shape index (κ3) is 3.42. The summed E-state index contributed by atoms with van der Waals surface area (Å²) in [5.74, 6) is 2.66. The third-order valence-electron chi connectivity index (χ3n) is 5.76. The smallest absolute Gasteiger partial charge is 0.161 e. The number of aromatic amines is 1. The maximum atomic E-state index is 4.97. The van der Waals surface area contributed by atoms with Crippen LogP contribution in [0.5, 0.6) is 0 Å². The Balaban J connectivity index is 1.41. The Morgan fingerprint density at radius 3 is 2.62 bits per heavy atom. The van der Waals surface area contributed by atoms with Crippen LogP contribution in [0.2, 0.25) is 0 Å². The van der Waals surface area contributed by atoms with E-state index in [0.717, 1.165) is 67.8 Å². The summed E-state index contributed by atoms with van der Waals surface area (Å²) in [4.78, 5) is 11.0. The Kier molecular flexibility index (Phi) is 4.65. The van der Waals surface area contributed by atoms with Crippen molar-refractivity contribution >= 4 is 34.2 Å². The van der Waals surface area contributed by atoms with E-state index in [0.29, 0.717) is 0 Å². The number of thioether (sulfide) groups is 1. The van der Waals surface area contributed by atoms with Crippen molar-refractivity contribution in [2.75, 3.05) is 11.1 Å². The van der Waals surface area contributed by atoms with Crippen LogP contribution in [0.3, 0.4) is 0 Å². The standard InChI is InChI=1S/C26H21N5S/c1-16-21-15-20(10-11-22(21)31-30-16)27-26-24-23(12-13-32-24)28-25(29-26)19-9-5-8-18(14-19)17-6-3-2-4-7-17/h2-11,14-15H,12-13H2,1H3,(H,30,31)(H,27,28,29). The molecule has 32 heavy (non-hydrogen) atoms. The monoisotopic (exact) mass is 435 g/mol. The van der Waals surface area contributed by atoms with Crippen LogP contribution < -0.4 is 5.32 Å². The van der Waals surface area contributed by atoms with Gasteiger partial charge in [-0.25, -0.2) is 9.97 Å². The Hall–Kier alpha value is -3.64. The van der Waals surface area contributed by atoms with Crippen LogP contribution in [0.25, 0.3) is 33.4 Å². The molecule has 0 fully saturated rings. The molecule has 2 aromatic heterocycles. The van der Waals surface area contributed by atoms with E-state index in [1.807, 2.05) is 36.9 Å². The van der Waals surface area contributed by atoms with Gasteiger partial charge in [0, 0.05) is 34.5 Å². The molecule has 0 saturated carbocycles. The molecular formula is C26H21N5S. The molecule has 0 amide bonds. The molecule has 2 N–H and O–H groups in total. The highest BCUT2D eigenvalue weighted by atomic mass is 32.2. The van der Waals surface area contributed by atoms with Crippen LogP contribution in [0.4, 0.5) is 11.5 Å². The Morgan fingerprint density at radius 2 is 1.72 bits per heavy atom. The number of nitrogens with zero attached hydrogens (tertiary/aromatic N) is 3. The second-order valence-corrected chi connectivity index (χ2v) is 9.03. The zero-order valence-electron chi connectivity index (χ0n) is 17.6. The minimum Gasteiger partial charge on any atom is -0.339 e. The molecular weight excluding hydrogens is 414 g/mol. The molecule has 1 aliphatic heterocycles. The van der Waals surface area contributed by atoms with Crippen LogP contribution in [-0.2, 0) is 6.42 Å². The predicted molar refractivity (Wildman–Crippen MR) is 131 cm³/mol. The van der Waals surface area contributed by atoms with Crippen molar-refractivity contribution in [2.24, 2.45) is 0 Å². The number of fused-ring (bicyclic) bond motifs is 2. The highest BCUT2D eigenvalue weighted by Crippen LogP contribution is 2.38. The van der Waals surface area contributed by atoms with Crippen LogP contribution in [0.15, 0.2) is 77.7 Å². The first kappa shape index (κ1) is 19.1. The van der Waals surface area contributed by atoms with Gasteiger partial charge >= 0.3 is 0 Å². The van der Waals surface area contributed by atoms with Gasteiger partial charge in [-0.3, -0.25) is 5.10 Å². The van der Waals surface area contributed by atoms with E-state index in [9.17, 15) is 0 Å². The number of rotatable bonds is 4. The summed E-state index contributed by atoms with van der Waals surface area (Å²) < 4.78 is 0. The van der Waals surface area contributed by atoms with Crippen LogP contribution in [0, 0.1) is 6.92 Å². The molecule has 6 rings (SSSR count). The molecule has 3 heterocycles. The largest absolute Gasteiger partial charge is 0.339 e. The van der Waals surface area contributed by atoms with Crippen LogP contribution in [0.1, 0.15) is 11.4 Å². The number of benzene rings is 3. The second kappa shape index (κ2) is 7.80. The molecule has 5 nitrogen and oxygen atoms in total. The van der Waals surface area contributed by atoms with E-state index in [-0.39, 0.29) is 0 Å². The molecule has 5 aromatic rings. The molecule has 0 radical (unpaired) electrons. The number of H-pyrrole nitrogens is 1. The number of nitrogens with one attached hydrogen (secondary N) is 2. The van der Waals surface area contributed by atoms with E-state index in [2.05, 4.69) is 70.1 Å². The molecule has 3 aromatic carbocycles. The van der Waals surface area contributed by atoms with E-state index >= 15 is 0 Å². The van der Waals surface area contributed by atoms with Crippen molar-refractivity contribution in [3.63, 3.8) is 0 Å². The van der Waals surface area contributed by atoms with Gasteiger partial charge in [0.05, 0.1) is 16.1 Å². The molecule has 6 heteroatoms. The average molecular weight is 436 g/mol. The molecule has 1 aliphatic rings. The number of aromatic nitrogens is 4. The Morgan fingerprint density at radius 1 is 0.875 bits per heavy atom. The molecule has 0 aliphatic carbocycles. The normalized spacial score (nSPS) is 12.8. The lowest BCUT2D eigenvalue weighted by Crippen LogP contribution is -2.02. The first-order valence-corrected chi connectivity index (χ1v) is 11.6. The minimum absolute atomic E-state index is 0.757. The fourth-order valence-electron chi connectivity index (χ4n) is 4.10. The van der Waals surface area contributed by atoms with Crippen molar-refractivity contribution in [3.8, 4) is 22.5 Å². The van der Waals surface area contributed by atoms with Gasteiger partial charge in [0.1, 0.15) is 5.82 Å². The van der Waals surface area contributed by atoms with Gasteiger partial charge < -0.3 is 5.32 Å². The molecule has 0 bridgehead atoms. The number of anilines is 2. The molecule has 0 unspecified atom stereocenters. The first-order chi connectivity index (χ1) is 15.7. The lowest BCUT2D eigenvalue weighted by atomic mass is 10.0. The van der Waals surface area contributed by atoms with E-state index in [4.69, 9.17) is 9.97 Å².